The quantitative estimate of drug-likeness (QED) is 0.163. The van der Waals surface area contributed by atoms with Gasteiger partial charge in [0.2, 0.25) is 0 Å². The Bertz CT molecular complexity index is 3750. The number of hydrogen-bond acceptors (Lipinski definition) is 1. The highest BCUT2D eigenvalue weighted by molar-refractivity contribution is 6.45. The average molecular weight is 774 g/mol. The highest BCUT2D eigenvalue weighted by Crippen LogP contribution is 2.55. The van der Waals surface area contributed by atoms with Crippen LogP contribution in [-0.2, 0) is 6.18 Å². The van der Waals surface area contributed by atoms with Crippen LogP contribution in [0.5, 0.6) is 0 Å². The lowest BCUT2D eigenvalue weighted by Crippen LogP contribution is -2.05. The first kappa shape index (κ1) is 34.3. The summed E-state index contributed by atoms with van der Waals surface area (Å²) in [5, 5.41) is 26.5. The first-order valence-electron chi connectivity index (χ1n) is 20.0. The predicted octanol–water partition coefficient (Wildman–Crippen LogP) is 16.2. The maximum atomic E-state index is 13.9. The van der Waals surface area contributed by atoms with Crippen LogP contribution in [0.1, 0.15) is 11.1 Å². The van der Waals surface area contributed by atoms with Gasteiger partial charge in [0.25, 0.3) is 0 Å². The van der Waals surface area contributed by atoms with Gasteiger partial charge in [-0.15, -0.1) is 0 Å². The highest BCUT2D eigenvalue weighted by Gasteiger charge is 2.32. The Hall–Kier alpha value is -7.74. The second-order valence-electron chi connectivity index (χ2n) is 15.7. The summed E-state index contributed by atoms with van der Waals surface area (Å²) in [6, 6.07) is 63.4. The van der Waals surface area contributed by atoms with Gasteiger partial charge in [-0.25, -0.2) is 0 Å². The smallest absolute Gasteiger partial charge is 0.192 e. The largest absolute Gasteiger partial charge is 0.416 e. The summed E-state index contributed by atoms with van der Waals surface area (Å²) < 4.78 is 41.8. The maximum Gasteiger partial charge on any atom is 0.416 e. The molecule has 0 unspecified atom stereocenters. The molecule has 0 fully saturated rings. The molecule has 0 aromatic heterocycles. The Morgan fingerprint density at radius 1 is 0.333 bits per heavy atom. The SMILES string of the molecule is N#Cc1cc(-c2cccc(-c3ccc4c5c(-c6ccccc6)c6cc7c8ccccc8c8cccc(c6c(-c6ccccc6)c5c5cccc3c45)c87)c2)cc(C(F)(F)F)c1. The molecule has 0 saturated heterocycles. The van der Waals surface area contributed by atoms with Gasteiger partial charge in [0, 0.05) is 0 Å². The van der Waals surface area contributed by atoms with E-state index in [-0.39, 0.29) is 5.56 Å². The predicted molar refractivity (Wildman–Crippen MR) is 243 cm³/mol. The molecule has 0 aliphatic rings. The highest BCUT2D eigenvalue weighted by atomic mass is 19.4. The van der Waals surface area contributed by atoms with Gasteiger partial charge in [0.05, 0.1) is 17.2 Å². The molecule has 0 aliphatic carbocycles. The second kappa shape index (κ2) is 12.6. The minimum absolute atomic E-state index is 0.0320. The van der Waals surface area contributed by atoms with E-state index in [2.05, 4.69) is 140 Å². The van der Waals surface area contributed by atoms with E-state index in [1.807, 2.05) is 24.3 Å². The Balaban J connectivity index is 1.23. The molecule has 12 aromatic carbocycles. The zero-order valence-electron chi connectivity index (χ0n) is 31.9. The number of rotatable bonds is 4. The molecule has 0 saturated carbocycles. The second-order valence-corrected chi connectivity index (χ2v) is 15.7. The molecule has 12 aromatic rings. The number of nitriles is 1. The third kappa shape index (κ3) is 4.87. The Morgan fingerprint density at radius 3 is 1.58 bits per heavy atom. The Morgan fingerprint density at radius 2 is 0.867 bits per heavy atom. The van der Waals surface area contributed by atoms with Gasteiger partial charge in [-0.3, -0.25) is 0 Å². The standard InChI is InChI=1S/C56H30F3N/c57-56(58,59)38-27-32(31-60)26-37(29-38)35-16-9-17-36(28-35)39-24-25-46-51-42(39)20-10-23-45(51)55-50(34-14-5-2-6-15-34)53-44-22-11-21-43-40-18-7-8-19-41(40)47(52(43)44)30-48(53)49(54(46)55)33-12-3-1-4-13-33/h1-30H. The van der Waals surface area contributed by atoms with Crippen molar-refractivity contribution in [2.45, 2.75) is 6.18 Å². The van der Waals surface area contributed by atoms with E-state index in [0.717, 1.165) is 55.9 Å². The van der Waals surface area contributed by atoms with Crippen molar-refractivity contribution in [2.75, 3.05) is 0 Å². The average Bonchev–Trinajstić information content (AvgIpc) is 3.80. The van der Waals surface area contributed by atoms with Crippen molar-refractivity contribution >= 4 is 75.4 Å². The zero-order valence-corrected chi connectivity index (χ0v) is 31.9. The number of hydrogen-bond donors (Lipinski definition) is 0. The van der Waals surface area contributed by atoms with Crippen molar-refractivity contribution in [3.63, 3.8) is 0 Å². The van der Waals surface area contributed by atoms with Crippen LogP contribution in [0.2, 0.25) is 0 Å². The van der Waals surface area contributed by atoms with Gasteiger partial charge in [-0.2, -0.15) is 18.4 Å². The van der Waals surface area contributed by atoms with E-state index >= 15 is 0 Å². The van der Waals surface area contributed by atoms with Crippen molar-refractivity contribution in [3.05, 3.63) is 193 Å². The number of fused-ring (bicyclic) bond motifs is 8. The lowest BCUT2D eigenvalue weighted by atomic mass is 9.84. The molecule has 0 spiro atoms. The fourth-order valence-corrected chi connectivity index (χ4v) is 10.2. The van der Waals surface area contributed by atoms with Gasteiger partial charge in [-0.1, -0.05) is 152 Å². The summed E-state index contributed by atoms with van der Waals surface area (Å²) in [6.07, 6.45) is -4.58. The first-order chi connectivity index (χ1) is 29.4. The van der Waals surface area contributed by atoms with Crippen molar-refractivity contribution in [1.82, 2.24) is 0 Å². The molecule has 0 bridgehead atoms. The van der Waals surface area contributed by atoms with Crippen molar-refractivity contribution < 1.29 is 13.2 Å². The maximum absolute atomic E-state index is 13.9. The van der Waals surface area contributed by atoms with Gasteiger partial charge in [0.15, 0.2) is 0 Å². The molecule has 280 valence electrons. The van der Waals surface area contributed by atoms with Gasteiger partial charge in [0.1, 0.15) is 0 Å². The topological polar surface area (TPSA) is 23.8 Å². The van der Waals surface area contributed by atoms with Crippen LogP contribution >= 0.6 is 0 Å². The molecule has 0 radical (unpaired) electrons. The molecule has 12 rings (SSSR count). The van der Waals surface area contributed by atoms with Crippen LogP contribution in [-0.4, -0.2) is 0 Å². The molecule has 0 atom stereocenters. The monoisotopic (exact) mass is 773 g/mol. The lowest BCUT2D eigenvalue weighted by Gasteiger charge is -2.19. The summed E-state index contributed by atoms with van der Waals surface area (Å²) in [5.74, 6) is 0. The van der Waals surface area contributed by atoms with Crippen molar-refractivity contribution in [1.29, 1.82) is 5.26 Å². The van der Waals surface area contributed by atoms with E-state index in [1.165, 1.54) is 71.1 Å². The van der Waals surface area contributed by atoms with Gasteiger partial charge >= 0.3 is 6.18 Å². The third-order valence-electron chi connectivity index (χ3n) is 12.5. The first-order valence-corrected chi connectivity index (χ1v) is 20.0. The molecule has 1 nitrogen and oxygen atoms in total. The minimum Gasteiger partial charge on any atom is -0.192 e. The minimum atomic E-state index is -4.58. The van der Waals surface area contributed by atoms with Gasteiger partial charge < -0.3 is 0 Å². The molecule has 0 aliphatic heterocycles. The summed E-state index contributed by atoms with van der Waals surface area (Å²) in [4.78, 5) is 0. The van der Waals surface area contributed by atoms with E-state index < -0.39 is 11.7 Å². The van der Waals surface area contributed by atoms with Crippen LogP contribution in [0.4, 0.5) is 13.2 Å². The van der Waals surface area contributed by atoms with Crippen LogP contribution in [0.15, 0.2) is 182 Å². The molecule has 0 heterocycles. The van der Waals surface area contributed by atoms with Crippen LogP contribution < -0.4 is 0 Å². The van der Waals surface area contributed by atoms with E-state index in [4.69, 9.17) is 0 Å². The fraction of sp³-hybridized carbons (Fsp3) is 0.0179. The van der Waals surface area contributed by atoms with Crippen molar-refractivity contribution in [2.24, 2.45) is 0 Å². The summed E-state index contributed by atoms with van der Waals surface area (Å²) in [6.45, 7) is 0. The lowest BCUT2D eigenvalue weighted by molar-refractivity contribution is -0.137. The summed E-state index contributed by atoms with van der Waals surface area (Å²) >= 11 is 0. The number of nitrogens with zero attached hydrogens (tertiary/aromatic N) is 1. The Labute approximate surface area is 342 Å². The molecular weight excluding hydrogens is 744 g/mol. The molecule has 0 N–H and O–H groups in total. The Kier molecular flexibility index (Phi) is 7.22. The van der Waals surface area contributed by atoms with E-state index in [0.29, 0.717) is 11.1 Å². The molecule has 60 heavy (non-hydrogen) atoms. The summed E-state index contributed by atoms with van der Waals surface area (Å²) in [5.41, 5.74) is 6.62. The van der Waals surface area contributed by atoms with E-state index in [9.17, 15) is 18.4 Å². The normalized spacial score (nSPS) is 12.2. The van der Waals surface area contributed by atoms with Gasteiger partial charge in [-0.05, 0) is 150 Å². The number of benzene rings is 10. The zero-order chi connectivity index (χ0) is 40.3. The third-order valence-corrected chi connectivity index (χ3v) is 12.5. The number of halogens is 3. The molecule has 4 heteroatoms. The molecule has 0 amide bonds. The van der Waals surface area contributed by atoms with Crippen LogP contribution in [0, 0.1) is 11.3 Å². The summed E-state index contributed by atoms with van der Waals surface area (Å²) in [7, 11) is 0. The van der Waals surface area contributed by atoms with Crippen LogP contribution in [0.25, 0.3) is 120 Å². The fourth-order valence-electron chi connectivity index (χ4n) is 10.2. The molecular formula is C56H30F3N. The number of alkyl halides is 3. The van der Waals surface area contributed by atoms with Crippen LogP contribution in [0.3, 0.4) is 0 Å². The van der Waals surface area contributed by atoms with E-state index in [1.54, 1.807) is 6.07 Å². The van der Waals surface area contributed by atoms with Crippen molar-refractivity contribution in [3.8, 4) is 50.6 Å².